The number of likely N-dealkylation sites (N-methyl/N-ethyl adjacent to an activating group) is 1. The molecular formula is C20H16Cl3N3O2S. The molecule has 2 aromatic rings. The number of hydrogen-bond donors (Lipinski definition) is 1. The number of amides is 2. The zero-order valence-electron chi connectivity index (χ0n) is 15.3. The summed E-state index contributed by atoms with van der Waals surface area (Å²) in [5.41, 5.74) is 1.65. The second-order valence-electron chi connectivity index (χ2n) is 5.99. The van der Waals surface area contributed by atoms with Crippen LogP contribution in [0.5, 0.6) is 0 Å². The molecule has 0 spiro atoms. The molecule has 1 heterocycles. The van der Waals surface area contributed by atoms with Crippen LogP contribution in [-0.4, -0.2) is 34.2 Å². The number of halogens is 3. The van der Waals surface area contributed by atoms with Gasteiger partial charge in [0.05, 0.1) is 15.8 Å². The van der Waals surface area contributed by atoms with E-state index >= 15 is 0 Å². The molecule has 2 amide bonds. The minimum atomic E-state index is -0.223. The second kappa shape index (κ2) is 9.67. The zero-order valence-corrected chi connectivity index (χ0v) is 18.4. The SMILES string of the molecule is CCN1C(=O)C(=Cc2ccc(Cl)c(Cl)c2)N=C1SCC(=O)Nc1ccc(Cl)cc1. The molecule has 0 aliphatic carbocycles. The molecule has 0 radical (unpaired) electrons. The summed E-state index contributed by atoms with van der Waals surface area (Å²) in [4.78, 5) is 30.8. The number of aliphatic imine (C=N–C) groups is 1. The molecule has 1 aliphatic heterocycles. The van der Waals surface area contributed by atoms with E-state index < -0.39 is 0 Å². The number of hydrogen-bond acceptors (Lipinski definition) is 4. The van der Waals surface area contributed by atoms with Gasteiger partial charge in [-0.2, -0.15) is 0 Å². The highest BCUT2D eigenvalue weighted by molar-refractivity contribution is 8.14. The normalized spacial score (nSPS) is 15.0. The van der Waals surface area contributed by atoms with Crippen LogP contribution in [0.25, 0.3) is 6.08 Å². The van der Waals surface area contributed by atoms with E-state index in [1.807, 2.05) is 6.92 Å². The van der Waals surface area contributed by atoms with Crippen LogP contribution >= 0.6 is 46.6 Å². The Labute approximate surface area is 187 Å². The summed E-state index contributed by atoms with van der Waals surface area (Å²) >= 11 is 19.0. The average molecular weight is 469 g/mol. The van der Waals surface area contributed by atoms with Gasteiger partial charge in [0, 0.05) is 17.3 Å². The molecule has 3 rings (SSSR count). The third-order valence-corrected chi connectivity index (χ3v) is 5.90. The molecule has 0 atom stereocenters. The first-order valence-corrected chi connectivity index (χ1v) is 10.7. The predicted octanol–water partition coefficient (Wildman–Crippen LogP) is 5.58. The third kappa shape index (κ3) is 5.54. The van der Waals surface area contributed by atoms with Crippen molar-refractivity contribution in [2.45, 2.75) is 6.92 Å². The van der Waals surface area contributed by atoms with Crippen molar-refractivity contribution in [1.29, 1.82) is 0 Å². The van der Waals surface area contributed by atoms with E-state index in [0.717, 1.165) is 0 Å². The Morgan fingerprint density at radius 2 is 1.86 bits per heavy atom. The lowest BCUT2D eigenvalue weighted by molar-refractivity contribution is -0.122. The van der Waals surface area contributed by atoms with Crippen LogP contribution in [0.2, 0.25) is 15.1 Å². The molecule has 0 bridgehead atoms. The molecular weight excluding hydrogens is 453 g/mol. The van der Waals surface area contributed by atoms with Crippen molar-refractivity contribution >= 4 is 75.3 Å². The first kappa shape index (κ1) is 21.7. The summed E-state index contributed by atoms with van der Waals surface area (Å²) in [6.45, 7) is 2.30. The van der Waals surface area contributed by atoms with Crippen molar-refractivity contribution in [2.75, 3.05) is 17.6 Å². The maximum Gasteiger partial charge on any atom is 0.278 e. The highest BCUT2D eigenvalue weighted by Crippen LogP contribution is 2.27. The van der Waals surface area contributed by atoms with Crippen LogP contribution in [0.3, 0.4) is 0 Å². The Morgan fingerprint density at radius 1 is 1.14 bits per heavy atom. The quantitative estimate of drug-likeness (QED) is 0.583. The molecule has 150 valence electrons. The van der Waals surface area contributed by atoms with E-state index in [0.29, 0.717) is 38.0 Å². The summed E-state index contributed by atoms with van der Waals surface area (Å²) in [5.74, 6) is -0.310. The lowest BCUT2D eigenvalue weighted by atomic mass is 10.2. The van der Waals surface area contributed by atoms with Gasteiger partial charge >= 0.3 is 0 Å². The largest absolute Gasteiger partial charge is 0.325 e. The van der Waals surface area contributed by atoms with Crippen molar-refractivity contribution in [3.05, 3.63) is 68.8 Å². The molecule has 1 N–H and O–H groups in total. The number of benzene rings is 2. The molecule has 9 heteroatoms. The number of rotatable bonds is 5. The van der Waals surface area contributed by atoms with Crippen molar-refractivity contribution in [1.82, 2.24) is 4.90 Å². The lowest BCUT2D eigenvalue weighted by Crippen LogP contribution is -2.31. The van der Waals surface area contributed by atoms with Crippen molar-refractivity contribution in [3.8, 4) is 0 Å². The Kier molecular flexibility index (Phi) is 7.24. The number of carbonyl (C=O) groups excluding carboxylic acids is 2. The van der Waals surface area contributed by atoms with E-state index in [2.05, 4.69) is 10.3 Å². The Balaban J connectivity index is 1.69. The fraction of sp³-hybridized carbons (Fsp3) is 0.150. The highest BCUT2D eigenvalue weighted by atomic mass is 35.5. The fourth-order valence-corrected chi connectivity index (χ4v) is 3.84. The molecule has 0 saturated carbocycles. The number of anilines is 1. The fourth-order valence-electron chi connectivity index (χ4n) is 2.54. The third-order valence-electron chi connectivity index (χ3n) is 3.93. The summed E-state index contributed by atoms with van der Waals surface area (Å²) < 4.78 is 0. The molecule has 0 aromatic heterocycles. The Bertz CT molecular complexity index is 1010. The van der Waals surface area contributed by atoms with Gasteiger partial charge in [0.15, 0.2) is 5.17 Å². The summed E-state index contributed by atoms with van der Waals surface area (Å²) in [5, 5.41) is 4.69. The summed E-state index contributed by atoms with van der Waals surface area (Å²) in [6.07, 6.45) is 1.65. The summed E-state index contributed by atoms with van der Waals surface area (Å²) in [6, 6.07) is 11.9. The van der Waals surface area contributed by atoms with Gasteiger partial charge in [-0.05, 0) is 55.0 Å². The second-order valence-corrected chi connectivity index (χ2v) is 8.18. The maximum atomic E-state index is 12.6. The van der Waals surface area contributed by atoms with E-state index in [1.54, 1.807) is 48.5 Å². The predicted molar refractivity (Wildman–Crippen MR) is 122 cm³/mol. The van der Waals surface area contributed by atoms with Crippen LogP contribution in [0.4, 0.5) is 5.69 Å². The van der Waals surface area contributed by atoms with Crippen LogP contribution in [-0.2, 0) is 9.59 Å². The van der Waals surface area contributed by atoms with E-state index in [9.17, 15) is 9.59 Å². The van der Waals surface area contributed by atoms with Gasteiger partial charge in [0.1, 0.15) is 5.70 Å². The first-order valence-electron chi connectivity index (χ1n) is 8.63. The van der Waals surface area contributed by atoms with Gasteiger partial charge in [0.2, 0.25) is 5.91 Å². The number of amidine groups is 1. The minimum absolute atomic E-state index is 0.116. The van der Waals surface area contributed by atoms with E-state index in [4.69, 9.17) is 34.8 Å². The number of carbonyl (C=O) groups is 2. The van der Waals surface area contributed by atoms with Crippen molar-refractivity contribution in [2.24, 2.45) is 4.99 Å². The standard InChI is InChI=1S/C20H16Cl3N3O2S/c1-2-26-19(28)17(10-12-3-8-15(22)16(23)9-12)25-20(26)29-11-18(27)24-14-6-4-13(21)5-7-14/h3-10H,2,11H2,1H3,(H,24,27). The van der Waals surface area contributed by atoms with Gasteiger partial charge in [-0.3, -0.25) is 14.5 Å². The van der Waals surface area contributed by atoms with Gasteiger partial charge in [-0.15, -0.1) is 0 Å². The Hall–Kier alpha value is -1.99. The molecule has 5 nitrogen and oxygen atoms in total. The van der Waals surface area contributed by atoms with Gasteiger partial charge in [-0.25, -0.2) is 4.99 Å². The van der Waals surface area contributed by atoms with Crippen LogP contribution < -0.4 is 5.32 Å². The highest BCUT2D eigenvalue weighted by Gasteiger charge is 2.29. The number of nitrogens with zero attached hydrogens (tertiary/aromatic N) is 2. The molecule has 2 aromatic carbocycles. The van der Waals surface area contributed by atoms with Crippen molar-refractivity contribution < 1.29 is 9.59 Å². The molecule has 0 fully saturated rings. The lowest BCUT2D eigenvalue weighted by Gasteiger charge is -2.14. The first-order chi connectivity index (χ1) is 13.9. The monoisotopic (exact) mass is 467 g/mol. The minimum Gasteiger partial charge on any atom is -0.325 e. The maximum absolute atomic E-state index is 12.6. The molecule has 0 unspecified atom stereocenters. The van der Waals surface area contributed by atoms with Crippen LogP contribution in [0.1, 0.15) is 12.5 Å². The summed E-state index contributed by atoms with van der Waals surface area (Å²) in [7, 11) is 0. The van der Waals surface area contributed by atoms with Gasteiger partial charge in [0.25, 0.3) is 5.91 Å². The Morgan fingerprint density at radius 3 is 2.52 bits per heavy atom. The molecule has 0 saturated heterocycles. The van der Waals surface area contributed by atoms with E-state index in [1.165, 1.54) is 16.7 Å². The molecule has 1 aliphatic rings. The topological polar surface area (TPSA) is 61.8 Å². The number of nitrogens with one attached hydrogen (secondary N) is 1. The van der Waals surface area contributed by atoms with Gasteiger partial charge in [-0.1, -0.05) is 52.6 Å². The zero-order chi connectivity index (χ0) is 21.0. The van der Waals surface area contributed by atoms with Crippen molar-refractivity contribution in [3.63, 3.8) is 0 Å². The van der Waals surface area contributed by atoms with E-state index in [-0.39, 0.29) is 23.3 Å². The molecule has 29 heavy (non-hydrogen) atoms. The average Bonchev–Trinajstić information content (AvgIpc) is 2.99. The van der Waals surface area contributed by atoms with Crippen LogP contribution in [0.15, 0.2) is 53.2 Å². The van der Waals surface area contributed by atoms with Gasteiger partial charge < -0.3 is 5.32 Å². The smallest absolute Gasteiger partial charge is 0.278 e. The van der Waals surface area contributed by atoms with Crippen LogP contribution in [0, 0.1) is 0 Å². The number of thioether (sulfide) groups is 1.